The molecule has 2 aromatic carbocycles. The van der Waals surface area contributed by atoms with Crippen LogP contribution < -0.4 is 9.64 Å². The lowest BCUT2D eigenvalue weighted by molar-refractivity contribution is -0.906. The topological polar surface area (TPSA) is 57.7 Å². The van der Waals surface area contributed by atoms with E-state index in [4.69, 9.17) is 10.00 Å². The number of hydrogen-bond acceptors (Lipinski definition) is 3. The molecule has 2 N–H and O–H groups in total. The Labute approximate surface area is 186 Å². The number of likely N-dealkylation sites (tertiary alicyclic amines) is 1. The second-order valence-electron chi connectivity index (χ2n) is 9.29. The average Bonchev–Trinajstić information content (AvgIpc) is 3.38. The van der Waals surface area contributed by atoms with E-state index in [9.17, 15) is 5.11 Å². The molecule has 0 aromatic heterocycles. The zero-order valence-corrected chi connectivity index (χ0v) is 18.4. The van der Waals surface area contributed by atoms with Gasteiger partial charge in [0.2, 0.25) is 0 Å². The van der Waals surface area contributed by atoms with Gasteiger partial charge >= 0.3 is 0 Å². The number of benzene rings is 2. The summed E-state index contributed by atoms with van der Waals surface area (Å²) in [6.07, 6.45) is 8.02. The first-order valence-electron chi connectivity index (χ1n) is 11.9. The van der Waals surface area contributed by atoms with Crippen LogP contribution in [0, 0.1) is 23.2 Å². The highest BCUT2D eigenvalue weighted by Gasteiger charge is 2.47. The number of quaternary nitrogens is 1. The number of nitrogens with one attached hydrogen (secondary N) is 1. The zero-order valence-electron chi connectivity index (χ0n) is 18.4. The molecule has 0 spiro atoms. The average molecular weight is 420 g/mol. The maximum absolute atomic E-state index is 12.0. The first kappa shape index (κ1) is 21.9. The summed E-state index contributed by atoms with van der Waals surface area (Å²) in [4.78, 5) is 1.63. The van der Waals surface area contributed by atoms with Crippen LogP contribution in [0.3, 0.4) is 0 Å². The Bertz CT molecular complexity index is 847. The SMILES string of the molecule is N#Cc1ccc(OCCC[NH+]2CCC([C@](O)(c3ccccc3)C3CCCC3)CC2)cc1. The highest BCUT2D eigenvalue weighted by molar-refractivity contribution is 5.34. The largest absolute Gasteiger partial charge is 0.493 e. The molecule has 1 aliphatic heterocycles. The molecule has 4 rings (SSSR count). The van der Waals surface area contributed by atoms with Crippen molar-refractivity contribution >= 4 is 0 Å². The number of rotatable bonds is 8. The van der Waals surface area contributed by atoms with E-state index >= 15 is 0 Å². The molecule has 1 heterocycles. The molecule has 31 heavy (non-hydrogen) atoms. The lowest BCUT2D eigenvalue weighted by Gasteiger charge is -2.44. The van der Waals surface area contributed by atoms with Crippen molar-refractivity contribution in [2.75, 3.05) is 26.2 Å². The molecule has 0 amide bonds. The molecule has 2 aromatic rings. The number of aliphatic hydroxyl groups is 1. The van der Waals surface area contributed by atoms with Crippen molar-refractivity contribution < 1.29 is 14.7 Å². The van der Waals surface area contributed by atoms with Crippen LogP contribution in [-0.4, -0.2) is 31.3 Å². The van der Waals surface area contributed by atoms with Gasteiger partial charge in [-0.3, -0.25) is 0 Å². The number of ether oxygens (including phenoxy) is 1. The van der Waals surface area contributed by atoms with Gasteiger partial charge in [-0.15, -0.1) is 0 Å². The van der Waals surface area contributed by atoms with Gasteiger partial charge in [0.05, 0.1) is 43.5 Å². The Hall–Kier alpha value is -2.35. The van der Waals surface area contributed by atoms with Gasteiger partial charge in [0, 0.05) is 25.2 Å². The van der Waals surface area contributed by atoms with Gasteiger partial charge in [-0.2, -0.15) is 5.26 Å². The van der Waals surface area contributed by atoms with E-state index in [2.05, 4.69) is 30.3 Å². The molecule has 4 nitrogen and oxygen atoms in total. The summed E-state index contributed by atoms with van der Waals surface area (Å²) in [7, 11) is 0. The number of nitriles is 1. The predicted molar refractivity (Wildman–Crippen MR) is 122 cm³/mol. The van der Waals surface area contributed by atoms with Crippen molar-refractivity contribution in [3.63, 3.8) is 0 Å². The summed E-state index contributed by atoms with van der Waals surface area (Å²) >= 11 is 0. The fourth-order valence-corrected chi connectivity index (χ4v) is 5.73. The zero-order chi connectivity index (χ0) is 21.5. The highest BCUT2D eigenvalue weighted by Crippen LogP contribution is 2.47. The van der Waals surface area contributed by atoms with E-state index in [0.29, 0.717) is 24.0 Å². The van der Waals surface area contributed by atoms with Gasteiger partial charge in [0.25, 0.3) is 0 Å². The molecule has 2 aliphatic rings. The molecule has 0 bridgehead atoms. The summed E-state index contributed by atoms with van der Waals surface area (Å²) in [6.45, 7) is 4.07. The molecular weight excluding hydrogens is 384 g/mol. The lowest BCUT2D eigenvalue weighted by Crippen LogP contribution is -3.13. The van der Waals surface area contributed by atoms with Gasteiger partial charge in [0.15, 0.2) is 0 Å². The van der Waals surface area contributed by atoms with Crippen LogP contribution in [0.25, 0.3) is 0 Å². The Morgan fingerprint density at radius 3 is 2.23 bits per heavy atom. The Kier molecular flexibility index (Phi) is 7.27. The third-order valence-corrected chi connectivity index (χ3v) is 7.46. The van der Waals surface area contributed by atoms with Crippen LogP contribution in [0.15, 0.2) is 54.6 Å². The van der Waals surface area contributed by atoms with Gasteiger partial charge in [-0.25, -0.2) is 0 Å². The lowest BCUT2D eigenvalue weighted by atomic mass is 9.68. The van der Waals surface area contributed by atoms with E-state index in [1.807, 2.05) is 18.2 Å². The van der Waals surface area contributed by atoms with Crippen LogP contribution in [0.5, 0.6) is 5.75 Å². The van der Waals surface area contributed by atoms with Crippen molar-refractivity contribution in [3.8, 4) is 11.8 Å². The summed E-state index contributed by atoms with van der Waals surface area (Å²) < 4.78 is 5.83. The van der Waals surface area contributed by atoms with Crippen molar-refractivity contribution in [3.05, 3.63) is 65.7 Å². The van der Waals surface area contributed by atoms with E-state index in [-0.39, 0.29) is 0 Å². The van der Waals surface area contributed by atoms with Crippen molar-refractivity contribution in [1.29, 1.82) is 5.26 Å². The maximum Gasteiger partial charge on any atom is 0.119 e. The molecule has 1 aliphatic carbocycles. The quantitative estimate of drug-likeness (QED) is 0.642. The third kappa shape index (κ3) is 5.11. The van der Waals surface area contributed by atoms with E-state index in [0.717, 1.165) is 63.1 Å². The molecule has 0 unspecified atom stereocenters. The number of nitrogens with zero attached hydrogens (tertiary/aromatic N) is 1. The fourth-order valence-electron chi connectivity index (χ4n) is 5.73. The van der Waals surface area contributed by atoms with Gasteiger partial charge in [-0.05, 0) is 48.6 Å². The molecule has 4 heteroatoms. The second-order valence-corrected chi connectivity index (χ2v) is 9.29. The molecule has 1 saturated carbocycles. The van der Waals surface area contributed by atoms with Gasteiger partial charge < -0.3 is 14.7 Å². The first-order chi connectivity index (χ1) is 15.2. The van der Waals surface area contributed by atoms with Gasteiger partial charge in [0.1, 0.15) is 5.75 Å². The normalized spacial score (nSPS) is 23.7. The monoisotopic (exact) mass is 419 g/mol. The van der Waals surface area contributed by atoms with Crippen LogP contribution in [0.1, 0.15) is 56.1 Å². The number of hydrogen-bond donors (Lipinski definition) is 2. The Morgan fingerprint density at radius 2 is 1.58 bits per heavy atom. The van der Waals surface area contributed by atoms with Crippen LogP contribution in [0.4, 0.5) is 0 Å². The first-order valence-corrected chi connectivity index (χ1v) is 11.9. The summed E-state index contributed by atoms with van der Waals surface area (Å²) in [6, 6.07) is 19.9. The maximum atomic E-state index is 12.0. The standard InChI is InChI=1S/C27H34N2O2/c28-21-22-11-13-26(14-12-22)31-20-6-17-29-18-15-25(16-19-29)27(30,24-9-4-5-10-24)23-7-2-1-3-8-23/h1-3,7-8,11-14,24-25,30H,4-6,9-10,15-20H2/p+1/t27-/m0/s1. The van der Waals surface area contributed by atoms with Crippen molar-refractivity contribution in [2.24, 2.45) is 11.8 Å². The fraction of sp³-hybridized carbons (Fsp3) is 0.519. The minimum absolute atomic E-state index is 0.358. The molecule has 1 atom stereocenters. The summed E-state index contributed by atoms with van der Waals surface area (Å²) in [5, 5.41) is 20.9. The van der Waals surface area contributed by atoms with E-state index in [1.54, 1.807) is 17.0 Å². The van der Waals surface area contributed by atoms with Crippen LogP contribution in [-0.2, 0) is 5.60 Å². The van der Waals surface area contributed by atoms with Crippen LogP contribution in [0.2, 0.25) is 0 Å². The highest BCUT2D eigenvalue weighted by atomic mass is 16.5. The van der Waals surface area contributed by atoms with E-state index < -0.39 is 5.60 Å². The Balaban J connectivity index is 1.27. The molecule has 0 radical (unpaired) electrons. The third-order valence-electron chi connectivity index (χ3n) is 7.46. The van der Waals surface area contributed by atoms with Crippen molar-refractivity contribution in [1.82, 2.24) is 0 Å². The minimum atomic E-state index is -0.665. The van der Waals surface area contributed by atoms with Gasteiger partial charge in [-0.1, -0.05) is 43.2 Å². The number of piperidine rings is 1. The van der Waals surface area contributed by atoms with E-state index in [1.165, 1.54) is 12.8 Å². The second kappa shape index (κ2) is 10.3. The van der Waals surface area contributed by atoms with Crippen molar-refractivity contribution in [2.45, 2.75) is 50.5 Å². The smallest absolute Gasteiger partial charge is 0.119 e. The summed E-state index contributed by atoms with van der Waals surface area (Å²) in [5.74, 6) is 1.59. The summed E-state index contributed by atoms with van der Waals surface area (Å²) in [5.41, 5.74) is 1.13. The molecule has 2 fully saturated rings. The predicted octanol–water partition coefficient (Wildman–Crippen LogP) is 3.70. The Morgan fingerprint density at radius 1 is 0.935 bits per heavy atom. The molecular formula is C27H35N2O2+. The minimum Gasteiger partial charge on any atom is -0.493 e. The molecule has 1 saturated heterocycles. The molecule has 164 valence electrons. The van der Waals surface area contributed by atoms with Crippen LogP contribution >= 0.6 is 0 Å².